The number of imidazole rings is 1. The maximum Gasteiger partial charge on any atom is 0.251 e. The smallest absolute Gasteiger partial charge is 0.251 e. The highest BCUT2D eigenvalue weighted by Gasteiger charge is 2.12. The van der Waals surface area contributed by atoms with E-state index in [-0.39, 0.29) is 5.91 Å². The molecule has 26 heavy (non-hydrogen) atoms. The lowest BCUT2D eigenvalue weighted by Crippen LogP contribution is -2.27. The van der Waals surface area contributed by atoms with Crippen LogP contribution in [0.5, 0.6) is 0 Å². The van der Waals surface area contributed by atoms with Gasteiger partial charge in [0.05, 0.1) is 11.0 Å². The summed E-state index contributed by atoms with van der Waals surface area (Å²) >= 11 is 0. The summed E-state index contributed by atoms with van der Waals surface area (Å²) in [6.45, 7) is 2.18. The zero-order valence-corrected chi connectivity index (χ0v) is 15.1. The number of carbonyl (C=O) groups is 1. The van der Waals surface area contributed by atoms with Gasteiger partial charge in [0.15, 0.2) is 0 Å². The Morgan fingerprint density at radius 3 is 2.77 bits per heavy atom. The van der Waals surface area contributed by atoms with Gasteiger partial charge in [0.2, 0.25) is 0 Å². The number of rotatable bonds is 7. The lowest BCUT2D eigenvalue weighted by atomic mass is 10.2. The second-order valence-electron chi connectivity index (χ2n) is 6.49. The van der Waals surface area contributed by atoms with Crippen molar-refractivity contribution in [3.63, 3.8) is 0 Å². The molecule has 0 aliphatic carbocycles. The summed E-state index contributed by atoms with van der Waals surface area (Å²) in [6.07, 6.45) is 0.614. The minimum absolute atomic E-state index is 0.277. The van der Waals surface area contributed by atoms with Crippen LogP contribution in [0, 0.1) is 5.82 Å². The van der Waals surface area contributed by atoms with Crippen LogP contribution in [0.2, 0.25) is 0 Å². The van der Waals surface area contributed by atoms with Crippen LogP contribution < -0.4 is 5.32 Å². The summed E-state index contributed by atoms with van der Waals surface area (Å²) in [5, 5.41) is 2.84. The van der Waals surface area contributed by atoms with E-state index in [1.54, 1.807) is 6.07 Å². The lowest BCUT2D eigenvalue weighted by molar-refractivity contribution is 0.0953. The maximum absolute atomic E-state index is 13.2. The molecule has 0 aliphatic rings. The van der Waals surface area contributed by atoms with Gasteiger partial charge in [-0.1, -0.05) is 18.2 Å². The Kier molecular flexibility index (Phi) is 5.63. The quantitative estimate of drug-likeness (QED) is 0.710. The molecule has 1 heterocycles. The van der Waals surface area contributed by atoms with Crippen molar-refractivity contribution in [3.05, 3.63) is 65.7 Å². The Hall–Kier alpha value is -2.73. The van der Waals surface area contributed by atoms with Crippen LogP contribution in [-0.4, -0.2) is 47.5 Å². The average Bonchev–Trinajstić information content (AvgIpc) is 2.97. The summed E-state index contributed by atoms with van der Waals surface area (Å²) in [5.41, 5.74) is 2.38. The molecule has 0 radical (unpaired) electrons. The fourth-order valence-electron chi connectivity index (χ4n) is 2.89. The number of amides is 1. The Morgan fingerprint density at radius 1 is 1.19 bits per heavy atom. The van der Waals surface area contributed by atoms with Crippen LogP contribution in [0.15, 0.2) is 48.5 Å². The van der Waals surface area contributed by atoms with Crippen molar-refractivity contribution in [1.82, 2.24) is 19.8 Å². The lowest BCUT2D eigenvalue weighted by Gasteiger charge is -2.13. The molecule has 6 heteroatoms. The fourth-order valence-corrected chi connectivity index (χ4v) is 2.89. The standard InChI is InChI=1S/C20H23FN4O/c1-24(2)12-13-25-18-9-4-3-8-17(18)23-19(25)10-11-22-20(26)15-6-5-7-16(21)14-15/h3-9,14H,10-13H2,1-2H3,(H,22,26). The molecule has 0 bridgehead atoms. The number of likely N-dealkylation sites (N-methyl/N-ethyl adjacent to an activating group) is 1. The highest BCUT2D eigenvalue weighted by molar-refractivity contribution is 5.94. The first kappa shape index (κ1) is 18.1. The van der Waals surface area contributed by atoms with Crippen LogP contribution >= 0.6 is 0 Å². The van der Waals surface area contributed by atoms with Gasteiger partial charge in [0.1, 0.15) is 11.6 Å². The number of nitrogens with one attached hydrogen (secondary N) is 1. The van der Waals surface area contributed by atoms with E-state index in [4.69, 9.17) is 4.98 Å². The normalized spacial score (nSPS) is 11.2. The zero-order chi connectivity index (χ0) is 18.5. The van der Waals surface area contributed by atoms with Gasteiger partial charge in [0, 0.05) is 31.6 Å². The van der Waals surface area contributed by atoms with E-state index in [0.717, 1.165) is 29.9 Å². The summed E-state index contributed by atoms with van der Waals surface area (Å²) in [4.78, 5) is 19.0. The van der Waals surface area contributed by atoms with Gasteiger partial charge in [-0.25, -0.2) is 9.37 Å². The third-order valence-electron chi connectivity index (χ3n) is 4.23. The molecule has 1 aromatic heterocycles. The van der Waals surface area contributed by atoms with Crippen LogP contribution in [0.3, 0.4) is 0 Å². The Balaban J connectivity index is 1.70. The molecule has 1 amide bonds. The number of hydrogen-bond donors (Lipinski definition) is 1. The Bertz CT molecular complexity index is 904. The number of nitrogens with zero attached hydrogens (tertiary/aromatic N) is 3. The van der Waals surface area contributed by atoms with Gasteiger partial charge in [-0.3, -0.25) is 4.79 Å². The Labute approximate surface area is 152 Å². The molecule has 0 aliphatic heterocycles. The summed E-state index contributed by atoms with van der Waals surface area (Å²) in [6, 6.07) is 13.7. The maximum atomic E-state index is 13.2. The van der Waals surface area contributed by atoms with Gasteiger partial charge in [0.25, 0.3) is 5.91 Å². The molecule has 0 atom stereocenters. The second-order valence-corrected chi connectivity index (χ2v) is 6.49. The SMILES string of the molecule is CN(C)CCn1c(CCNC(=O)c2cccc(F)c2)nc2ccccc21. The van der Waals surface area contributed by atoms with Crippen LogP contribution in [0.1, 0.15) is 16.2 Å². The summed E-state index contributed by atoms with van der Waals surface area (Å²) in [7, 11) is 4.08. The third kappa shape index (κ3) is 4.26. The largest absolute Gasteiger partial charge is 0.352 e. The van der Waals surface area contributed by atoms with Crippen molar-refractivity contribution in [2.24, 2.45) is 0 Å². The van der Waals surface area contributed by atoms with E-state index in [9.17, 15) is 9.18 Å². The van der Waals surface area contributed by atoms with Crippen molar-refractivity contribution in [2.45, 2.75) is 13.0 Å². The van der Waals surface area contributed by atoms with Gasteiger partial charge in [-0.2, -0.15) is 0 Å². The highest BCUT2D eigenvalue weighted by atomic mass is 19.1. The second kappa shape index (κ2) is 8.10. The number of fused-ring (bicyclic) bond motifs is 1. The molecule has 0 saturated heterocycles. The van der Waals surface area contributed by atoms with Gasteiger partial charge in [-0.05, 0) is 44.4 Å². The number of hydrogen-bond acceptors (Lipinski definition) is 3. The van der Waals surface area contributed by atoms with Gasteiger partial charge >= 0.3 is 0 Å². The number of para-hydroxylation sites is 2. The first-order valence-electron chi connectivity index (χ1n) is 8.67. The van der Waals surface area contributed by atoms with E-state index in [1.807, 2.05) is 32.3 Å². The van der Waals surface area contributed by atoms with Crippen LogP contribution in [0.4, 0.5) is 4.39 Å². The molecule has 3 rings (SSSR count). The van der Waals surface area contributed by atoms with Crippen LogP contribution in [-0.2, 0) is 13.0 Å². The molecule has 1 N–H and O–H groups in total. The molecular weight excluding hydrogens is 331 g/mol. The minimum atomic E-state index is -0.414. The number of aromatic nitrogens is 2. The van der Waals surface area contributed by atoms with E-state index < -0.39 is 5.82 Å². The molecular formula is C20H23FN4O. The third-order valence-corrected chi connectivity index (χ3v) is 4.23. The number of benzene rings is 2. The van der Waals surface area contributed by atoms with Crippen molar-refractivity contribution < 1.29 is 9.18 Å². The Morgan fingerprint density at radius 2 is 2.00 bits per heavy atom. The van der Waals surface area contributed by atoms with E-state index in [0.29, 0.717) is 18.5 Å². The molecule has 0 unspecified atom stereocenters. The molecule has 136 valence electrons. The van der Waals surface area contributed by atoms with Crippen molar-refractivity contribution in [1.29, 1.82) is 0 Å². The van der Waals surface area contributed by atoms with Crippen molar-refractivity contribution in [3.8, 4) is 0 Å². The molecule has 3 aromatic rings. The van der Waals surface area contributed by atoms with Gasteiger partial charge in [-0.15, -0.1) is 0 Å². The number of halogens is 1. The summed E-state index contributed by atoms with van der Waals surface area (Å²) < 4.78 is 15.4. The fraction of sp³-hybridized carbons (Fsp3) is 0.300. The van der Waals surface area contributed by atoms with Crippen LogP contribution in [0.25, 0.3) is 11.0 Å². The first-order valence-corrected chi connectivity index (χ1v) is 8.67. The zero-order valence-electron chi connectivity index (χ0n) is 15.1. The minimum Gasteiger partial charge on any atom is -0.352 e. The predicted octanol–water partition coefficient (Wildman–Crippen LogP) is 2.71. The molecule has 5 nitrogen and oxygen atoms in total. The molecule has 0 spiro atoms. The van der Waals surface area contributed by atoms with E-state index >= 15 is 0 Å². The predicted molar refractivity (Wildman–Crippen MR) is 101 cm³/mol. The van der Waals surface area contributed by atoms with Crippen molar-refractivity contribution in [2.75, 3.05) is 27.2 Å². The molecule has 0 saturated carbocycles. The van der Waals surface area contributed by atoms with Gasteiger partial charge < -0.3 is 14.8 Å². The van der Waals surface area contributed by atoms with Crippen molar-refractivity contribution >= 4 is 16.9 Å². The topological polar surface area (TPSA) is 50.2 Å². The number of carbonyl (C=O) groups excluding carboxylic acids is 1. The molecule has 2 aromatic carbocycles. The van der Waals surface area contributed by atoms with E-state index in [2.05, 4.69) is 20.9 Å². The summed E-state index contributed by atoms with van der Waals surface area (Å²) in [5.74, 6) is 0.246. The van der Waals surface area contributed by atoms with E-state index in [1.165, 1.54) is 18.2 Å². The first-order chi connectivity index (χ1) is 12.5. The average molecular weight is 354 g/mol. The molecule has 0 fully saturated rings. The highest BCUT2D eigenvalue weighted by Crippen LogP contribution is 2.16. The monoisotopic (exact) mass is 354 g/mol.